The summed E-state index contributed by atoms with van der Waals surface area (Å²) in [6.07, 6.45) is 0. The molecule has 1 amide bonds. The summed E-state index contributed by atoms with van der Waals surface area (Å²) in [6, 6.07) is 8.94. The Bertz CT molecular complexity index is 764. The van der Waals surface area contributed by atoms with Gasteiger partial charge in [0.2, 0.25) is 5.91 Å². The Kier molecular flexibility index (Phi) is 3.82. The van der Waals surface area contributed by atoms with Crippen LogP contribution in [0, 0.1) is 6.92 Å². The third-order valence-electron chi connectivity index (χ3n) is 3.97. The number of ether oxygens (including phenoxy) is 1. The number of carboxylic acids is 1. The van der Waals surface area contributed by atoms with Crippen molar-refractivity contribution in [2.45, 2.75) is 19.4 Å². The molecule has 23 heavy (non-hydrogen) atoms. The molecule has 3 rings (SSSR count). The first kappa shape index (κ1) is 15.1. The van der Waals surface area contributed by atoms with Crippen molar-refractivity contribution in [2.75, 3.05) is 13.7 Å². The number of fused-ring (bicyclic) bond motifs is 1. The number of aromatic carboxylic acids is 1. The molecule has 1 N–H and O–H groups in total. The number of likely N-dealkylation sites (N-methyl/N-ethyl adjacent to an activating group) is 1. The van der Waals surface area contributed by atoms with Gasteiger partial charge in [0.1, 0.15) is 35.4 Å². The molecule has 0 saturated heterocycles. The summed E-state index contributed by atoms with van der Waals surface area (Å²) in [5, 5.41) is 9.05. The summed E-state index contributed by atoms with van der Waals surface area (Å²) >= 11 is 0. The average Bonchev–Trinajstić information content (AvgIpc) is 3.10. The number of carbonyl (C=O) groups excluding carboxylic acids is 1. The summed E-state index contributed by atoms with van der Waals surface area (Å²) in [4.78, 5) is 25.2. The molecule has 0 aliphatic carbocycles. The molecular formula is C17H17NO5. The second-order valence-corrected chi connectivity index (χ2v) is 5.58. The molecule has 0 bridgehead atoms. The number of nitrogens with zero attached hydrogens (tertiary/aromatic N) is 1. The lowest BCUT2D eigenvalue weighted by Gasteiger charge is -2.19. The van der Waals surface area contributed by atoms with E-state index in [0.29, 0.717) is 18.1 Å². The molecule has 0 radical (unpaired) electrons. The minimum Gasteiger partial charge on any atom is -0.492 e. The molecule has 2 heterocycles. The lowest BCUT2D eigenvalue weighted by atomic mass is 10.00. The van der Waals surface area contributed by atoms with Crippen LogP contribution in [0.2, 0.25) is 0 Å². The third kappa shape index (κ3) is 2.79. The van der Waals surface area contributed by atoms with Gasteiger partial charge in [-0.05, 0) is 19.1 Å². The topological polar surface area (TPSA) is 80.0 Å². The SMILES string of the molecule is Cc1oc(CN(C)C(=O)C2COc3ccccc32)cc1C(=O)O. The van der Waals surface area contributed by atoms with Gasteiger partial charge in [0.05, 0.1) is 6.54 Å². The van der Waals surface area contributed by atoms with E-state index < -0.39 is 5.97 Å². The van der Waals surface area contributed by atoms with E-state index >= 15 is 0 Å². The van der Waals surface area contributed by atoms with Crippen molar-refractivity contribution in [3.8, 4) is 5.75 Å². The van der Waals surface area contributed by atoms with Crippen LogP contribution in [0.4, 0.5) is 0 Å². The number of rotatable bonds is 4. The Morgan fingerprint density at radius 3 is 2.78 bits per heavy atom. The maximum absolute atomic E-state index is 12.6. The largest absolute Gasteiger partial charge is 0.492 e. The lowest BCUT2D eigenvalue weighted by molar-refractivity contribution is -0.132. The van der Waals surface area contributed by atoms with Gasteiger partial charge in [-0.3, -0.25) is 4.79 Å². The van der Waals surface area contributed by atoms with Crippen molar-refractivity contribution in [2.24, 2.45) is 0 Å². The van der Waals surface area contributed by atoms with Crippen LogP contribution in [-0.4, -0.2) is 35.5 Å². The molecule has 1 atom stereocenters. The second-order valence-electron chi connectivity index (χ2n) is 5.58. The molecule has 0 saturated carbocycles. The Hall–Kier alpha value is -2.76. The van der Waals surface area contributed by atoms with Crippen molar-refractivity contribution < 1.29 is 23.8 Å². The Labute approximate surface area is 133 Å². The van der Waals surface area contributed by atoms with Crippen LogP contribution in [0.15, 0.2) is 34.7 Å². The molecule has 1 aromatic heterocycles. The number of furan rings is 1. The van der Waals surface area contributed by atoms with E-state index in [-0.39, 0.29) is 23.9 Å². The van der Waals surface area contributed by atoms with Crippen LogP contribution in [0.5, 0.6) is 5.75 Å². The number of amides is 1. The highest BCUT2D eigenvalue weighted by Crippen LogP contribution is 2.34. The monoisotopic (exact) mass is 315 g/mol. The van der Waals surface area contributed by atoms with Gasteiger partial charge in [0, 0.05) is 12.6 Å². The van der Waals surface area contributed by atoms with Crippen molar-refractivity contribution in [1.82, 2.24) is 4.90 Å². The van der Waals surface area contributed by atoms with Gasteiger partial charge < -0.3 is 19.2 Å². The minimum absolute atomic E-state index is 0.0825. The highest BCUT2D eigenvalue weighted by Gasteiger charge is 2.32. The summed E-state index contributed by atoms with van der Waals surface area (Å²) in [6.45, 7) is 2.13. The summed E-state index contributed by atoms with van der Waals surface area (Å²) in [5.74, 6) is 0.0591. The zero-order chi connectivity index (χ0) is 16.6. The van der Waals surface area contributed by atoms with Crippen LogP contribution in [0.1, 0.15) is 33.4 Å². The normalized spacial score (nSPS) is 15.8. The summed E-state index contributed by atoms with van der Waals surface area (Å²) < 4.78 is 11.0. The minimum atomic E-state index is -1.04. The molecule has 2 aromatic rings. The van der Waals surface area contributed by atoms with Crippen molar-refractivity contribution >= 4 is 11.9 Å². The Morgan fingerprint density at radius 1 is 1.35 bits per heavy atom. The number of hydrogen-bond acceptors (Lipinski definition) is 4. The maximum atomic E-state index is 12.6. The van der Waals surface area contributed by atoms with E-state index in [1.165, 1.54) is 11.0 Å². The van der Waals surface area contributed by atoms with E-state index in [0.717, 1.165) is 11.3 Å². The number of aryl methyl sites for hydroxylation is 1. The van der Waals surface area contributed by atoms with Gasteiger partial charge >= 0.3 is 5.97 Å². The Morgan fingerprint density at radius 2 is 2.09 bits per heavy atom. The summed E-state index contributed by atoms with van der Waals surface area (Å²) in [5.41, 5.74) is 1.00. The molecule has 0 spiro atoms. The molecule has 0 fully saturated rings. The van der Waals surface area contributed by atoms with Crippen LogP contribution in [0.3, 0.4) is 0 Å². The quantitative estimate of drug-likeness (QED) is 0.937. The molecule has 6 nitrogen and oxygen atoms in total. The van der Waals surface area contributed by atoms with Gasteiger partial charge in [0.25, 0.3) is 0 Å². The van der Waals surface area contributed by atoms with Crippen molar-refractivity contribution in [3.63, 3.8) is 0 Å². The van der Waals surface area contributed by atoms with Gasteiger partial charge in [-0.15, -0.1) is 0 Å². The smallest absolute Gasteiger partial charge is 0.339 e. The van der Waals surface area contributed by atoms with Crippen LogP contribution >= 0.6 is 0 Å². The fourth-order valence-corrected chi connectivity index (χ4v) is 2.78. The van der Waals surface area contributed by atoms with E-state index in [9.17, 15) is 9.59 Å². The Balaban J connectivity index is 1.74. The third-order valence-corrected chi connectivity index (χ3v) is 3.97. The fraction of sp³-hybridized carbons (Fsp3) is 0.294. The molecular weight excluding hydrogens is 298 g/mol. The predicted molar refractivity (Wildman–Crippen MR) is 81.6 cm³/mol. The maximum Gasteiger partial charge on any atom is 0.339 e. The van der Waals surface area contributed by atoms with E-state index in [1.807, 2.05) is 24.3 Å². The number of hydrogen-bond donors (Lipinski definition) is 1. The lowest BCUT2D eigenvalue weighted by Crippen LogP contribution is -2.32. The first-order valence-corrected chi connectivity index (χ1v) is 7.26. The zero-order valence-corrected chi connectivity index (χ0v) is 12.9. The first-order valence-electron chi connectivity index (χ1n) is 7.26. The highest BCUT2D eigenvalue weighted by molar-refractivity contribution is 5.89. The van der Waals surface area contributed by atoms with Crippen molar-refractivity contribution in [1.29, 1.82) is 0 Å². The van der Waals surface area contributed by atoms with Crippen LogP contribution in [-0.2, 0) is 11.3 Å². The first-order chi connectivity index (χ1) is 11.0. The van der Waals surface area contributed by atoms with E-state index in [4.69, 9.17) is 14.3 Å². The molecule has 6 heteroatoms. The molecule has 1 aliphatic rings. The van der Waals surface area contributed by atoms with Gasteiger partial charge in [0.15, 0.2) is 0 Å². The fourth-order valence-electron chi connectivity index (χ4n) is 2.78. The van der Waals surface area contributed by atoms with Gasteiger partial charge in [-0.1, -0.05) is 18.2 Å². The molecule has 1 aliphatic heterocycles. The standard InChI is InChI=1S/C17H17NO5/c1-10-13(17(20)21)7-11(23-10)8-18(2)16(19)14-9-22-15-6-4-3-5-12(14)15/h3-7,14H,8-9H2,1-2H3,(H,20,21). The van der Waals surface area contributed by atoms with Gasteiger partial charge in [-0.25, -0.2) is 4.79 Å². The van der Waals surface area contributed by atoms with Crippen LogP contribution in [0.25, 0.3) is 0 Å². The number of para-hydroxylation sites is 1. The molecule has 120 valence electrons. The predicted octanol–water partition coefficient (Wildman–Crippen LogP) is 2.42. The van der Waals surface area contributed by atoms with E-state index in [2.05, 4.69) is 0 Å². The van der Waals surface area contributed by atoms with Crippen molar-refractivity contribution in [3.05, 3.63) is 53.0 Å². The second kappa shape index (κ2) is 5.79. The number of carboxylic acid groups (broad SMARTS) is 1. The van der Waals surface area contributed by atoms with Gasteiger partial charge in [-0.2, -0.15) is 0 Å². The molecule has 1 unspecified atom stereocenters. The number of carbonyl (C=O) groups is 2. The summed E-state index contributed by atoms with van der Waals surface area (Å²) in [7, 11) is 1.67. The van der Waals surface area contributed by atoms with E-state index in [1.54, 1.807) is 14.0 Å². The zero-order valence-electron chi connectivity index (χ0n) is 12.9. The van der Waals surface area contributed by atoms with Crippen LogP contribution < -0.4 is 4.74 Å². The highest BCUT2D eigenvalue weighted by atomic mass is 16.5. The molecule has 1 aromatic carbocycles. The average molecular weight is 315 g/mol. The number of benzene rings is 1.